The molecule has 1 heterocycles. The molecule has 3 heteroatoms. The van der Waals surface area contributed by atoms with Gasteiger partial charge in [-0.25, -0.2) is 0 Å². The Morgan fingerprint density at radius 1 is 1.05 bits per heavy atom. The molecule has 0 unspecified atom stereocenters. The van der Waals surface area contributed by atoms with Gasteiger partial charge in [-0.3, -0.25) is 4.79 Å². The monoisotopic (exact) mass is 265 g/mol. The first-order valence-corrected chi connectivity index (χ1v) is 6.49. The molecule has 0 spiro atoms. The van der Waals surface area contributed by atoms with Gasteiger partial charge < -0.3 is 10.1 Å². The summed E-state index contributed by atoms with van der Waals surface area (Å²) in [5.74, 6) is 0.127. The lowest BCUT2D eigenvalue weighted by Gasteiger charge is -2.10. The Bertz CT molecular complexity index is 862. The standard InChI is InChI=1S/C17H15NO2/c1-10-6-7-12(8-11(10)2)14-9-18-17(20)13-4-3-5-15(19)16(13)14/h3-9,19H,1-2H3,(H,18,20). The van der Waals surface area contributed by atoms with Crippen LogP contribution in [-0.4, -0.2) is 10.1 Å². The van der Waals surface area contributed by atoms with Crippen LogP contribution in [0.1, 0.15) is 11.1 Å². The lowest BCUT2D eigenvalue weighted by atomic mass is 9.97. The fourth-order valence-corrected chi connectivity index (χ4v) is 2.44. The highest BCUT2D eigenvalue weighted by Crippen LogP contribution is 2.33. The average Bonchev–Trinajstić information content (AvgIpc) is 2.43. The molecule has 0 fully saturated rings. The summed E-state index contributed by atoms with van der Waals surface area (Å²) in [4.78, 5) is 14.6. The highest BCUT2D eigenvalue weighted by molar-refractivity contribution is 5.99. The first-order valence-electron chi connectivity index (χ1n) is 6.49. The van der Waals surface area contributed by atoms with Crippen molar-refractivity contribution in [1.82, 2.24) is 4.98 Å². The number of hydrogen-bond donors (Lipinski definition) is 2. The third-order valence-corrected chi connectivity index (χ3v) is 3.72. The number of fused-ring (bicyclic) bond motifs is 1. The second-order valence-electron chi connectivity index (χ2n) is 5.03. The molecular weight excluding hydrogens is 250 g/mol. The SMILES string of the molecule is Cc1ccc(-c2c[nH]c(=O)c3cccc(O)c23)cc1C. The average molecular weight is 265 g/mol. The van der Waals surface area contributed by atoms with Gasteiger partial charge in [0.15, 0.2) is 0 Å². The smallest absolute Gasteiger partial charge is 0.255 e. The van der Waals surface area contributed by atoms with Crippen LogP contribution in [0.2, 0.25) is 0 Å². The number of aromatic nitrogens is 1. The molecule has 0 radical (unpaired) electrons. The predicted molar refractivity (Wildman–Crippen MR) is 81.1 cm³/mol. The number of aromatic amines is 1. The van der Waals surface area contributed by atoms with Gasteiger partial charge in [-0.2, -0.15) is 0 Å². The summed E-state index contributed by atoms with van der Waals surface area (Å²) in [6.07, 6.45) is 1.66. The van der Waals surface area contributed by atoms with Crippen molar-refractivity contribution in [2.24, 2.45) is 0 Å². The molecule has 3 nitrogen and oxygen atoms in total. The fourth-order valence-electron chi connectivity index (χ4n) is 2.44. The van der Waals surface area contributed by atoms with Gasteiger partial charge in [-0.05, 0) is 42.7 Å². The van der Waals surface area contributed by atoms with Gasteiger partial charge in [-0.15, -0.1) is 0 Å². The Morgan fingerprint density at radius 2 is 1.85 bits per heavy atom. The largest absolute Gasteiger partial charge is 0.507 e. The first-order chi connectivity index (χ1) is 9.58. The van der Waals surface area contributed by atoms with Gasteiger partial charge in [0.25, 0.3) is 5.56 Å². The number of pyridine rings is 1. The number of aryl methyl sites for hydroxylation is 2. The molecule has 0 atom stereocenters. The second kappa shape index (κ2) is 4.53. The van der Waals surface area contributed by atoms with Gasteiger partial charge in [0, 0.05) is 17.1 Å². The summed E-state index contributed by atoms with van der Waals surface area (Å²) in [5.41, 5.74) is 4.02. The van der Waals surface area contributed by atoms with Crippen molar-refractivity contribution in [1.29, 1.82) is 0 Å². The Hall–Kier alpha value is -2.55. The van der Waals surface area contributed by atoms with E-state index in [1.807, 2.05) is 19.1 Å². The van der Waals surface area contributed by atoms with Crippen LogP contribution in [-0.2, 0) is 0 Å². The molecule has 0 amide bonds. The Balaban J connectivity index is 2.39. The zero-order valence-corrected chi connectivity index (χ0v) is 11.4. The molecule has 3 rings (SSSR count). The molecule has 0 bridgehead atoms. The number of benzene rings is 2. The maximum Gasteiger partial charge on any atom is 0.255 e. The molecule has 0 aliphatic carbocycles. The zero-order chi connectivity index (χ0) is 14.3. The van der Waals surface area contributed by atoms with Crippen LogP contribution in [0.5, 0.6) is 5.75 Å². The van der Waals surface area contributed by atoms with E-state index in [2.05, 4.69) is 18.0 Å². The number of aromatic hydroxyl groups is 1. The fraction of sp³-hybridized carbons (Fsp3) is 0.118. The van der Waals surface area contributed by atoms with Crippen molar-refractivity contribution in [3.63, 3.8) is 0 Å². The molecule has 0 saturated carbocycles. The van der Waals surface area contributed by atoms with Crippen LogP contribution >= 0.6 is 0 Å². The number of phenolic OH excluding ortho intramolecular Hbond substituents is 1. The Morgan fingerprint density at radius 3 is 2.60 bits per heavy atom. The molecule has 20 heavy (non-hydrogen) atoms. The number of rotatable bonds is 1. The molecule has 2 aromatic carbocycles. The first kappa shape index (κ1) is 12.5. The van der Waals surface area contributed by atoms with Crippen LogP contribution in [0.15, 0.2) is 47.4 Å². The number of phenols is 1. The van der Waals surface area contributed by atoms with E-state index in [0.29, 0.717) is 10.8 Å². The molecule has 0 saturated heterocycles. The summed E-state index contributed by atoms with van der Waals surface area (Å²) in [5, 5.41) is 11.2. The second-order valence-corrected chi connectivity index (χ2v) is 5.03. The normalized spacial score (nSPS) is 10.9. The van der Waals surface area contributed by atoms with Crippen molar-refractivity contribution >= 4 is 10.8 Å². The maximum atomic E-state index is 11.9. The molecule has 3 aromatic rings. The van der Waals surface area contributed by atoms with Crippen molar-refractivity contribution in [3.05, 3.63) is 64.1 Å². The minimum absolute atomic E-state index is 0.127. The molecular formula is C17H15NO2. The van der Waals surface area contributed by atoms with E-state index in [1.54, 1.807) is 24.4 Å². The van der Waals surface area contributed by atoms with E-state index in [1.165, 1.54) is 11.1 Å². The van der Waals surface area contributed by atoms with E-state index < -0.39 is 0 Å². The number of H-pyrrole nitrogens is 1. The van der Waals surface area contributed by atoms with Gasteiger partial charge in [-0.1, -0.05) is 24.3 Å². The quantitative estimate of drug-likeness (QED) is 0.707. The van der Waals surface area contributed by atoms with E-state index in [9.17, 15) is 9.90 Å². The lowest BCUT2D eigenvalue weighted by Crippen LogP contribution is -2.05. The third-order valence-electron chi connectivity index (χ3n) is 3.72. The molecule has 2 N–H and O–H groups in total. The van der Waals surface area contributed by atoms with Crippen LogP contribution in [0.4, 0.5) is 0 Å². The number of nitrogens with one attached hydrogen (secondary N) is 1. The molecule has 100 valence electrons. The minimum Gasteiger partial charge on any atom is -0.507 e. The van der Waals surface area contributed by atoms with E-state index >= 15 is 0 Å². The van der Waals surface area contributed by atoms with Crippen LogP contribution in [0.25, 0.3) is 21.9 Å². The van der Waals surface area contributed by atoms with Crippen molar-refractivity contribution < 1.29 is 5.11 Å². The Kier molecular flexibility index (Phi) is 2.83. The minimum atomic E-state index is -0.191. The Labute approximate surface area is 116 Å². The summed E-state index contributed by atoms with van der Waals surface area (Å²) in [6.45, 7) is 4.11. The topological polar surface area (TPSA) is 53.1 Å². The van der Waals surface area contributed by atoms with Crippen molar-refractivity contribution in [3.8, 4) is 16.9 Å². The zero-order valence-electron chi connectivity index (χ0n) is 11.4. The van der Waals surface area contributed by atoms with Gasteiger partial charge in [0.05, 0.1) is 5.39 Å². The van der Waals surface area contributed by atoms with Gasteiger partial charge in [0.2, 0.25) is 0 Å². The summed E-state index contributed by atoms with van der Waals surface area (Å²) in [6, 6.07) is 11.1. The summed E-state index contributed by atoms with van der Waals surface area (Å²) >= 11 is 0. The molecule has 1 aromatic heterocycles. The van der Waals surface area contributed by atoms with Crippen LogP contribution in [0.3, 0.4) is 0 Å². The van der Waals surface area contributed by atoms with Gasteiger partial charge >= 0.3 is 0 Å². The predicted octanol–water partition coefficient (Wildman–Crippen LogP) is 3.52. The molecule has 0 aliphatic heterocycles. The highest BCUT2D eigenvalue weighted by atomic mass is 16.3. The van der Waals surface area contributed by atoms with Crippen LogP contribution < -0.4 is 5.56 Å². The van der Waals surface area contributed by atoms with Gasteiger partial charge in [0.1, 0.15) is 5.75 Å². The van der Waals surface area contributed by atoms with Crippen molar-refractivity contribution in [2.45, 2.75) is 13.8 Å². The number of hydrogen-bond acceptors (Lipinski definition) is 2. The maximum absolute atomic E-state index is 11.9. The summed E-state index contributed by atoms with van der Waals surface area (Å²) in [7, 11) is 0. The van der Waals surface area contributed by atoms with E-state index in [4.69, 9.17) is 0 Å². The lowest BCUT2D eigenvalue weighted by molar-refractivity contribution is 0.481. The molecule has 0 aliphatic rings. The summed E-state index contributed by atoms with van der Waals surface area (Å²) < 4.78 is 0. The van der Waals surface area contributed by atoms with Crippen LogP contribution in [0, 0.1) is 13.8 Å². The van der Waals surface area contributed by atoms with E-state index in [0.717, 1.165) is 11.1 Å². The highest BCUT2D eigenvalue weighted by Gasteiger charge is 2.11. The third kappa shape index (κ3) is 1.88. The van der Waals surface area contributed by atoms with Crippen molar-refractivity contribution in [2.75, 3.05) is 0 Å². The van der Waals surface area contributed by atoms with E-state index in [-0.39, 0.29) is 11.3 Å².